The molecule has 0 amide bonds. The number of nitrogens with one attached hydrogen (secondary N) is 1. The number of amidine groups is 1. The minimum absolute atomic E-state index is 0.182. The SMILES string of the molecule is CCOC(=O)Oc1ncn2c1CN=C(NCC(OC)OC)c1cc(C)ccc1-2. The van der Waals surface area contributed by atoms with E-state index in [-0.39, 0.29) is 19.0 Å². The van der Waals surface area contributed by atoms with E-state index in [0.717, 1.165) is 16.8 Å². The zero-order valence-electron chi connectivity index (χ0n) is 16.4. The van der Waals surface area contributed by atoms with E-state index in [1.54, 1.807) is 27.5 Å². The molecule has 150 valence electrons. The molecule has 0 unspecified atom stereocenters. The van der Waals surface area contributed by atoms with Crippen LogP contribution in [0.3, 0.4) is 0 Å². The van der Waals surface area contributed by atoms with E-state index in [9.17, 15) is 4.79 Å². The molecule has 0 spiro atoms. The molecule has 2 aromatic rings. The van der Waals surface area contributed by atoms with Gasteiger partial charge in [0.25, 0.3) is 0 Å². The fraction of sp³-hybridized carbons (Fsp3) is 0.421. The first-order valence-corrected chi connectivity index (χ1v) is 8.93. The molecule has 1 aliphatic heterocycles. The molecule has 0 saturated heterocycles. The van der Waals surface area contributed by atoms with Crippen LogP contribution >= 0.6 is 0 Å². The van der Waals surface area contributed by atoms with Crippen LogP contribution in [0, 0.1) is 6.92 Å². The zero-order chi connectivity index (χ0) is 20.1. The predicted octanol–water partition coefficient (Wildman–Crippen LogP) is 2.18. The van der Waals surface area contributed by atoms with Crippen molar-refractivity contribution in [2.75, 3.05) is 27.4 Å². The lowest BCUT2D eigenvalue weighted by Gasteiger charge is -2.17. The topological polar surface area (TPSA) is 96.2 Å². The number of aliphatic imine (C=N–C) groups is 1. The van der Waals surface area contributed by atoms with Crippen LogP contribution in [0.5, 0.6) is 5.88 Å². The Morgan fingerprint density at radius 3 is 2.82 bits per heavy atom. The van der Waals surface area contributed by atoms with Crippen LogP contribution in [-0.4, -0.2) is 55.2 Å². The summed E-state index contributed by atoms with van der Waals surface area (Å²) in [5.74, 6) is 0.880. The number of aromatic nitrogens is 2. The number of carbonyl (C=O) groups excluding carboxylic acids is 1. The Hall–Kier alpha value is -2.91. The minimum atomic E-state index is -0.789. The van der Waals surface area contributed by atoms with Crippen LogP contribution < -0.4 is 10.1 Å². The van der Waals surface area contributed by atoms with E-state index in [4.69, 9.17) is 18.9 Å². The van der Waals surface area contributed by atoms with Gasteiger partial charge in [0.2, 0.25) is 5.88 Å². The molecule has 0 bridgehead atoms. The van der Waals surface area contributed by atoms with E-state index in [1.165, 1.54) is 0 Å². The number of benzene rings is 1. The molecular formula is C19H24N4O5. The summed E-state index contributed by atoms with van der Waals surface area (Å²) in [5.41, 5.74) is 3.53. The maximum atomic E-state index is 11.7. The first-order chi connectivity index (χ1) is 13.6. The summed E-state index contributed by atoms with van der Waals surface area (Å²) in [6.07, 6.45) is 0.425. The molecule has 9 heteroatoms. The summed E-state index contributed by atoms with van der Waals surface area (Å²) in [6, 6.07) is 6.03. The van der Waals surface area contributed by atoms with Crippen LogP contribution in [0.1, 0.15) is 23.7 Å². The molecule has 1 aromatic heterocycles. The average molecular weight is 388 g/mol. The molecule has 1 aromatic carbocycles. The number of fused-ring (bicyclic) bond motifs is 3. The Kier molecular flexibility index (Phi) is 6.27. The summed E-state index contributed by atoms with van der Waals surface area (Å²) < 4.78 is 22.4. The number of hydrogen-bond donors (Lipinski definition) is 1. The lowest BCUT2D eigenvalue weighted by molar-refractivity contribution is -0.0965. The van der Waals surface area contributed by atoms with Gasteiger partial charge in [0, 0.05) is 19.8 Å². The fourth-order valence-corrected chi connectivity index (χ4v) is 2.90. The molecule has 0 saturated carbocycles. The molecule has 28 heavy (non-hydrogen) atoms. The van der Waals surface area contributed by atoms with E-state index in [2.05, 4.69) is 15.3 Å². The maximum Gasteiger partial charge on any atom is 0.515 e. The van der Waals surface area contributed by atoms with Crippen molar-refractivity contribution in [3.05, 3.63) is 41.3 Å². The van der Waals surface area contributed by atoms with Gasteiger partial charge in [0.05, 0.1) is 25.4 Å². The molecule has 9 nitrogen and oxygen atoms in total. The number of methoxy groups -OCH3 is 2. The van der Waals surface area contributed by atoms with E-state index < -0.39 is 12.4 Å². The van der Waals surface area contributed by atoms with Gasteiger partial charge in [-0.15, -0.1) is 0 Å². The summed E-state index contributed by atoms with van der Waals surface area (Å²) in [6.45, 7) is 4.65. The number of rotatable bonds is 6. The van der Waals surface area contributed by atoms with Gasteiger partial charge in [0.1, 0.15) is 17.9 Å². The second kappa shape index (κ2) is 8.85. The fourth-order valence-electron chi connectivity index (χ4n) is 2.90. The first-order valence-electron chi connectivity index (χ1n) is 8.93. The molecule has 0 fully saturated rings. The Balaban J connectivity index is 1.95. The summed E-state index contributed by atoms with van der Waals surface area (Å²) in [7, 11) is 3.17. The largest absolute Gasteiger partial charge is 0.515 e. The number of carbonyl (C=O) groups is 1. The number of nitrogens with zero attached hydrogens (tertiary/aromatic N) is 3. The van der Waals surface area contributed by atoms with Crippen LogP contribution in [0.4, 0.5) is 4.79 Å². The van der Waals surface area contributed by atoms with Gasteiger partial charge < -0.3 is 24.3 Å². The monoisotopic (exact) mass is 388 g/mol. The van der Waals surface area contributed by atoms with Gasteiger partial charge in [-0.1, -0.05) is 11.6 Å². The summed E-state index contributed by atoms with van der Waals surface area (Å²) in [5, 5.41) is 3.29. The van der Waals surface area contributed by atoms with Crippen molar-refractivity contribution in [2.24, 2.45) is 4.99 Å². The molecular weight excluding hydrogens is 364 g/mol. The van der Waals surface area contributed by atoms with Crippen LogP contribution in [0.25, 0.3) is 5.69 Å². The Morgan fingerprint density at radius 1 is 1.32 bits per heavy atom. The molecule has 2 heterocycles. The van der Waals surface area contributed by atoms with Crippen molar-refractivity contribution < 1.29 is 23.7 Å². The second-order valence-corrected chi connectivity index (χ2v) is 6.12. The quantitative estimate of drug-likeness (QED) is 0.598. The Bertz CT molecular complexity index is 873. The molecule has 1 N–H and O–H groups in total. The van der Waals surface area contributed by atoms with Crippen molar-refractivity contribution in [1.82, 2.24) is 14.9 Å². The lowest BCUT2D eigenvalue weighted by Crippen LogP contribution is -2.35. The summed E-state index contributed by atoms with van der Waals surface area (Å²) in [4.78, 5) is 20.6. The number of aryl methyl sites for hydroxylation is 1. The second-order valence-electron chi connectivity index (χ2n) is 6.12. The maximum absolute atomic E-state index is 11.7. The minimum Gasteiger partial charge on any atom is -0.434 e. The van der Waals surface area contributed by atoms with Gasteiger partial charge >= 0.3 is 6.16 Å². The standard InChI is InChI=1S/C19H24N4O5/c1-5-27-19(24)28-18-15-9-20-17(21-10-16(25-3)26-4)13-8-12(2)6-7-14(13)23(15)11-22-18/h6-8,11,16H,5,9-10H2,1-4H3,(H,20,21). The van der Waals surface area contributed by atoms with E-state index in [0.29, 0.717) is 18.1 Å². The van der Waals surface area contributed by atoms with Crippen molar-refractivity contribution >= 4 is 12.0 Å². The predicted molar refractivity (Wildman–Crippen MR) is 102 cm³/mol. The highest BCUT2D eigenvalue weighted by atomic mass is 16.7. The molecule has 0 aliphatic carbocycles. The van der Waals surface area contributed by atoms with Crippen molar-refractivity contribution in [3.8, 4) is 11.6 Å². The van der Waals surface area contributed by atoms with Gasteiger partial charge in [-0.2, -0.15) is 0 Å². The Morgan fingerprint density at radius 2 is 2.11 bits per heavy atom. The number of imidazole rings is 1. The number of ether oxygens (including phenoxy) is 4. The smallest absolute Gasteiger partial charge is 0.434 e. The first kappa shape index (κ1) is 19.8. The van der Waals surface area contributed by atoms with Crippen molar-refractivity contribution in [3.63, 3.8) is 0 Å². The summed E-state index contributed by atoms with van der Waals surface area (Å²) >= 11 is 0. The molecule has 3 rings (SSSR count). The van der Waals surface area contributed by atoms with Crippen molar-refractivity contribution in [1.29, 1.82) is 0 Å². The molecule has 0 atom stereocenters. The zero-order valence-corrected chi connectivity index (χ0v) is 16.4. The highest BCUT2D eigenvalue weighted by Crippen LogP contribution is 2.28. The lowest BCUT2D eigenvalue weighted by atomic mass is 10.1. The Labute approximate surface area is 163 Å². The third kappa shape index (κ3) is 4.15. The van der Waals surface area contributed by atoms with Crippen LogP contribution in [0.2, 0.25) is 0 Å². The van der Waals surface area contributed by atoms with Crippen LogP contribution in [0.15, 0.2) is 29.5 Å². The van der Waals surface area contributed by atoms with Crippen LogP contribution in [-0.2, 0) is 20.8 Å². The average Bonchev–Trinajstić information content (AvgIpc) is 2.99. The van der Waals surface area contributed by atoms with Crippen molar-refractivity contribution in [2.45, 2.75) is 26.7 Å². The third-order valence-electron chi connectivity index (χ3n) is 4.29. The molecule has 0 radical (unpaired) electrons. The van der Waals surface area contributed by atoms with Gasteiger partial charge in [-0.25, -0.2) is 9.78 Å². The van der Waals surface area contributed by atoms with Gasteiger partial charge in [-0.05, 0) is 26.0 Å². The highest BCUT2D eigenvalue weighted by molar-refractivity contribution is 6.02. The normalized spacial score (nSPS) is 12.7. The molecule has 1 aliphatic rings. The van der Waals surface area contributed by atoms with E-state index in [1.807, 2.05) is 29.7 Å². The van der Waals surface area contributed by atoms with Gasteiger partial charge in [-0.3, -0.25) is 9.56 Å². The highest BCUT2D eigenvalue weighted by Gasteiger charge is 2.23. The van der Waals surface area contributed by atoms with Gasteiger partial charge in [0.15, 0.2) is 6.29 Å². The number of hydrogen-bond acceptors (Lipinski definition) is 8. The third-order valence-corrected chi connectivity index (χ3v) is 4.29. The van der Waals surface area contributed by atoms with E-state index >= 15 is 0 Å².